The first-order valence-corrected chi connectivity index (χ1v) is 6.30. The number of methoxy groups -OCH3 is 1. The highest BCUT2D eigenvalue weighted by Crippen LogP contribution is 2.29. The third-order valence-electron chi connectivity index (χ3n) is 2.87. The number of rotatable bonds is 7. The maximum Gasteiger partial charge on any atom is 0.258 e. The smallest absolute Gasteiger partial charge is 0.258 e. The molecule has 1 aromatic carbocycles. The highest BCUT2D eigenvalue weighted by molar-refractivity contribution is 5.77. The van der Waals surface area contributed by atoms with Gasteiger partial charge in [-0.05, 0) is 20.0 Å². The highest BCUT2D eigenvalue weighted by atomic mass is 16.5. The lowest BCUT2D eigenvalue weighted by atomic mass is 10.1. The molecule has 0 aromatic heterocycles. The molecule has 1 amide bonds. The number of carbonyl (C=O) groups is 1. The Morgan fingerprint density at radius 1 is 1.50 bits per heavy atom. The lowest BCUT2D eigenvalue weighted by Gasteiger charge is -2.17. The van der Waals surface area contributed by atoms with Crippen molar-refractivity contribution in [2.75, 3.05) is 27.3 Å². The standard InChI is InChI=1S/C15H20N2O3/c1-5-8-17-15(18)10-20-14-9-12(19-4)6-7-13(14)11(2)16-3/h1,6-7,9,11,16H,8,10H2,2-4H3,(H,17,18). The van der Waals surface area contributed by atoms with Gasteiger partial charge in [0.05, 0.1) is 13.7 Å². The van der Waals surface area contributed by atoms with E-state index in [0.29, 0.717) is 11.5 Å². The van der Waals surface area contributed by atoms with Crippen molar-refractivity contribution >= 4 is 5.91 Å². The summed E-state index contributed by atoms with van der Waals surface area (Å²) in [6.07, 6.45) is 5.07. The number of benzene rings is 1. The minimum atomic E-state index is -0.256. The number of ether oxygens (including phenoxy) is 2. The van der Waals surface area contributed by atoms with Gasteiger partial charge in [-0.2, -0.15) is 0 Å². The van der Waals surface area contributed by atoms with Crippen molar-refractivity contribution in [1.82, 2.24) is 10.6 Å². The molecule has 5 heteroatoms. The summed E-state index contributed by atoms with van der Waals surface area (Å²) in [6.45, 7) is 2.12. The summed E-state index contributed by atoms with van der Waals surface area (Å²) < 4.78 is 10.7. The van der Waals surface area contributed by atoms with Crippen LogP contribution >= 0.6 is 0 Å². The van der Waals surface area contributed by atoms with Gasteiger partial charge in [-0.15, -0.1) is 6.42 Å². The van der Waals surface area contributed by atoms with E-state index in [1.807, 2.05) is 26.1 Å². The van der Waals surface area contributed by atoms with Gasteiger partial charge < -0.3 is 20.1 Å². The van der Waals surface area contributed by atoms with E-state index in [0.717, 1.165) is 5.56 Å². The zero-order chi connectivity index (χ0) is 15.0. The maximum atomic E-state index is 11.5. The van der Waals surface area contributed by atoms with Gasteiger partial charge in [0.2, 0.25) is 0 Å². The lowest BCUT2D eigenvalue weighted by Crippen LogP contribution is -2.29. The summed E-state index contributed by atoms with van der Waals surface area (Å²) in [5, 5.41) is 5.68. The van der Waals surface area contributed by atoms with Gasteiger partial charge in [-0.25, -0.2) is 0 Å². The van der Waals surface area contributed by atoms with Gasteiger partial charge >= 0.3 is 0 Å². The minimum absolute atomic E-state index is 0.0850. The highest BCUT2D eigenvalue weighted by Gasteiger charge is 2.12. The van der Waals surface area contributed by atoms with Crippen molar-refractivity contribution < 1.29 is 14.3 Å². The summed E-state index contributed by atoms with van der Waals surface area (Å²) in [6, 6.07) is 5.63. The molecule has 0 aliphatic carbocycles. The molecule has 0 heterocycles. The Kier molecular flexibility index (Phi) is 6.41. The van der Waals surface area contributed by atoms with E-state index in [4.69, 9.17) is 15.9 Å². The SMILES string of the molecule is C#CCNC(=O)COc1cc(OC)ccc1C(C)NC. The average Bonchev–Trinajstić information content (AvgIpc) is 2.49. The molecule has 0 fully saturated rings. The van der Waals surface area contributed by atoms with Crippen LogP contribution in [-0.4, -0.2) is 33.2 Å². The van der Waals surface area contributed by atoms with E-state index in [2.05, 4.69) is 16.6 Å². The molecular weight excluding hydrogens is 256 g/mol. The van der Waals surface area contributed by atoms with E-state index in [1.54, 1.807) is 13.2 Å². The topological polar surface area (TPSA) is 59.6 Å². The van der Waals surface area contributed by atoms with Crippen LogP contribution in [0.2, 0.25) is 0 Å². The quantitative estimate of drug-likeness (QED) is 0.732. The van der Waals surface area contributed by atoms with Gasteiger partial charge in [0.1, 0.15) is 11.5 Å². The van der Waals surface area contributed by atoms with Gasteiger partial charge in [-0.3, -0.25) is 4.79 Å². The fourth-order valence-corrected chi connectivity index (χ4v) is 1.62. The molecule has 0 radical (unpaired) electrons. The lowest BCUT2D eigenvalue weighted by molar-refractivity contribution is -0.122. The molecular formula is C15H20N2O3. The Morgan fingerprint density at radius 2 is 2.25 bits per heavy atom. The first kappa shape index (κ1) is 15.9. The normalized spacial score (nSPS) is 11.3. The van der Waals surface area contributed by atoms with E-state index in [9.17, 15) is 4.79 Å². The predicted molar refractivity (Wildman–Crippen MR) is 77.8 cm³/mol. The Hall–Kier alpha value is -2.19. The Morgan fingerprint density at radius 3 is 2.85 bits per heavy atom. The fraction of sp³-hybridized carbons (Fsp3) is 0.400. The van der Waals surface area contributed by atoms with Crippen molar-refractivity contribution in [3.05, 3.63) is 23.8 Å². The van der Waals surface area contributed by atoms with Gasteiger partial charge in [0.25, 0.3) is 5.91 Å². The maximum absolute atomic E-state index is 11.5. The molecule has 0 bridgehead atoms. The van der Waals surface area contributed by atoms with Crippen LogP contribution in [0, 0.1) is 12.3 Å². The molecule has 0 saturated heterocycles. The Labute approximate surface area is 119 Å². The van der Waals surface area contributed by atoms with Crippen LogP contribution in [0.4, 0.5) is 0 Å². The van der Waals surface area contributed by atoms with E-state index < -0.39 is 0 Å². The third-order valence-corrected chi connectivity index (χ3v) is 2.87. The van der Waals surface area contributed by atoms with Crippen molar-refractivity contribution in [2.45, 2.75) is 13.0 Å². The second-order valence-corrected chi connectivity index (χ2v) is 4.18. The zero-order valence-corrected chi connectivity index (χ0v) is 12.0. The van der Waals surface area contributed by atoms with Gasteiger partial charge in [0.15, 0.2) is 6.61 Å². The predicted octanol–water partition coefficient (Wildman–Crippen LogP) is 1.10. The Bertz CT molecular complexity index is 494. The van der Waals surface area contributed by atoms with Crippen molar-refractivity contribution in [3.8, 4) is 23.8 Å². The minimum Gasteiger partial charge on any atom is -0.497 e. The molecule has 1 unspecified atom stereocenters. The van der Waals surface area contributed by atoms with Gasteiger partial charge in [-0.1, -0.05) is 12.0 Å². The third kappa shape index (κ3) is 4.48. The summed E-state index contributed by atoms with van der Waals surface area (Å²) in [5.41, 5.74) is 0.957. The van der Waals surface area contributed by atoms with Crippen LogP contribution in [0.25, 0.3) is 0 Å². The monoisotopic (exact) mass is 276 g/mol. The molecule has 20 heavy (non-hydrogen) atoms. The zero-order valence-electron chi connectivity index (χ0n) is 12.0. The van der Waals surface area contributed by atoms with Crippen LogP contribution in [0.3, 0.4) is 0 Å². The molecule has 0 saturated carbocycles. The summed E-state index contributed by atoms with van der Waals surface area (Å²) in [4.78, 5) is 11.5. The molecule has 0 aliphatic heterocycles. The van der Waals surface area contributed by atoms with Crippen LogP contribution in [0.1, 0.15) is 18.5 Å². The molecule has 108 valence electrons. The number of terminal acetylenes is 1. The first-order chi connectivity index (χ1) is 9.62. The molecule has 1 atom stereocenters. The average molecular weight is 276 g/mol. The van der Waals surface area contributed by atoms with Crippen molar-refractivity contribution in [1.29, 1.82) is 0 Å². The van der Waals surface area contributed by atoms with E-state index >= 15 is 0 Å². The first-order valence-electron chi connectivity index (χ1n) is 6.30. The Balaban J connectivity index is 2.80. The molecule has 1 aromatic rings. The summed E-state index contributed by atoms with van der Waals surface area (Å²) >= 11 is 0. The van der Waals surface area contributed by atoms with Crippen molar-refractivity contribution in [3.63, 3.8) is 0 Å². The van der Waals surface area contributed by atoms with E-state index in [-0.39, 0.29) is 25.1 Å². The fourth-order valence-electron chi connectivity index (χ4n) is 1.62. The van der Waals surface area contributed by atoms with Gasteiger partial charge in [0, 0.05) is 17.7 Å². The summed E-state index contributed by atoms with van der Waals surface area (Å²) in [5.74, 6) is 3.37. The molecule has 0 spiro atoms. The second-order valence-electron chi connectivity index (χ2n) is 4.18. The summed E-state index contributed by atoms with van der Waals surface area (Å²) in [7, 11) is 3.44. The van der Waals surface area contributed by atoms with Crippen LogP contribution in [-0.2, 0) is 4.79 Å². The van der Waals surface area contributed by atoms with Crippen molar-refractivity contribution in [2.24, 2.45) is 0 Å². The number of hydrogen-bond acceptors (Lipinski definition) is 4. The van der Waals surface area contributed by atoms with Crippen LogP contribution in [0.15, 0.2) is 18.2 Å². The molecule has 0 aliphatic rings. The number of hydrogen-bond donors (Lipinski definition) is 2. The van der Waals surface area contributed by atoms with Crippen LogP contribution < -0.4 is 20.1 Å². The van der Waals surface area contributed by atoms with E-state index in [1.165, 1.54) is 0 Å². The van der Waals surface area contributed by atoms with Crippen LogP contribution in [0.5, 0.6) is 11.5 Å². The molecule has 1 rings (SSSR count). The molecule has 5 nitrogen and oxygen atoms in total. The molecule has 2 N–H and O–H groups in total. The number of nitrogens with one attached hydrogen (secondary N) is 2. The number of amides is 1. The largest absolute Gasteiger partial charge is 0.497 e. The second kappa shape index (κ2) is 8.08. The number of carbonyl (C=O) groups excluding carboxylic acids is 1.